The number of rotatable bonds is 3. The summed E-state index contributed by atoms with van der Waals surface area (Å²) in [6.07, 6.45) is 2.09. The van der Waals surface area contributed by atoms with E-state index < -0.39 is 23.2 Å². The first kappa shape index (κ1) is 15.1. The number of aliphatic carboxylic acids is 1. The van der Waals surface area contributed by atoms with Crippen molar-refractivity contribution in [3.8, 4) is 0 Å². The Labute approximate surface area is 119 Å². The molecule has 1 saturated heterocycles. The second-order valence-electron chi connectivity index (χ2n) is 6.67. The lowest BCUT2D eigenvalue weighted by Gasteiger charge is -2.43. The smallest absolute Gasteiger partial charge is 0.411 e. The molecule has 0 unspecified atom stereocenters. The van der Waals surface area contributed by atoms with E-state index >= 15 is 0 Å². The van der Waals surface area contributed by atoms with E-state index in [2.05, 4.69) is 5.32 Å². The maximum Gasteiger partial charge on any atom is 0.411 e. The van der Waals surface area contributed by atoms with Crippen molar-refractivity contribution in [1.82, 2.24) is 10.2 Å². The summed E-state index contributed by atoms with van der Waals surface area (Å²) in [4.78, 5) is 25.8. The lowest BCUT2D eigenvalue weighted by molar-refractivity contribution is -0.153. The number of carbonyl (C=O) groups is 2. The van der Waals surface area contributed by atoms with Gasteiger partial charge in [-0.25, -0.2) is 9.59 Å². The zero-order valence-electron chi connectivity index (χ0n) is 12.4. The first-order valence-corrected chi connectivity index (χ1v) is 7.23. The topological polar surface area (TPSA) is 78.9 Å². The number of carbonyl (C=O) groups excluding carboxylic acids is 1. The van der Waals surface area contributed by atoms with Gasteiger partial charge >= 0.3 is 12.1 Å². The Hall–Kier alpha value is -1.30. The molecular weight excluding hydrogens is 260 g/mol. The Bertz CT molecular complexity index is 392. The van der Waals surface area contributed by atoms with Gasteiger partial charge in [0.05, 0.1) is 0 Å². The Morgan fingerprint density at radius 1 is 1.25 bits per heavy atom. The van der Waals surface area contributed by atoms with Gasteiger partial charge in [-0.2, -0.15) is 0 Å². The van der Waals surface area contributed by atoms with Crippen LogP contribution in [0.15, 0.2) is 0 Å². The highest BCUT2D eigenvalue weighted by Gasteiger charge is 2.53. The summed E-state index contributed by atoms with van der Waals surface area (Å²) in [5, 5.41) is 12.9. The van der Waals surface area contributed by atoms with Gasteiger partial charge in [-0.05, 0) is 59.5 Å². The van der Waals surface area contributed by atoms with Gasteiger partial charge < -0.3 is 15.2 Å². The van der Waals surface area contributed by atoms with Crippen LogP contribution in [-0.2, 0) is 9.53 Å². The molecule has 0 aromatic carbocycles. The minimum atomic E-state index is -1.12. The molecule has 0 aromatic rings. The fraction of sp³-hybridized carbons (Fsp3) is 0.857. The highest BCUT2D eigenvalue weighted by molar-refractivity contribution is 5.85. The molecule has 2 N–H and O–H groups in total. The van der Waals surface area contributed by atoms with E-state index in [-0.39, 0.29) is 6.04 Å². The number of nitrogens with one attached hydrogen (secondary N) is 1. The van der Waals surface area contributed by atoms with Crippen LogP contribution in [0, 0.1) is 0 Å². The van der Waals surface area contributed by atoms with Crippen LogP contribution in [0.4, 0.5) is 4.79 Å². The summed E-state index contributed by atoms with van der Waals surface area (Å²) in [5.74, 6) is -0.920. The molecule has 6 heteroatoms. The Kier molecular flexibility index (Phi) is 3.95. The summed E-state index contributed by atoms with van der Waals surface area (Å²) < 4.78 is 5.43. The van der Waals surface area contributed by atoms with E-state index in [1.165, 1.54) is 4.90 Å². The zero-order chi connectivity index (χ0) is 15.0. The Morgan fingerprint density at radius 3 is 2.20 bits per heavy atom. The van der Waals surface area contributed by atoms with Crippen LogP contribution >= 0.6 is 0 Å². The largest absolute Gasteiger partial charge is 0.479 e. The first-order chi connectivity index (χ1) is 9.26. The van der Waals surface area contributed by atoms with Crippen molar-refractivity contribution in [1.29, 1.82) is 0 Å². The van der Waals surface area contributed by atoms with E-state index in [1.54, 1.807) is 20.8 Å². The average Bonchev–Trinajstić information content (AvgIpc) is 3.12. The lowest BCUT2D eigenvalue weighted by atomic mass is 9.86. The molecule has 2 aliphatic rings. The maximum absolute atomic E-state index is 12.5. The summed E-state index contributed by atoms with van der Waals surface area (Å²) in [7, 11) is 0. The van der Waals surface area contributed by atoms with Crippen LogP contribution in [0.5, 0.6) is 0 Å². The molecule has 0 aromatic heterocycles. The summed E-state index contributed by atoms with van der Waals surface area (Å²) in [6.45, 7) is 6.61. The minimum absolute atomic E-state index is 0.0130. The number of piperidine rings is 1. The summed E-state index contributed by atoms with van der Waals surface area (Å²) >= 11 is 0. The molecule has 114 valence electrons. The second kappa shape index (κ2) is 5.24. The number of hydrogen-bond donors (Lipinski definition) is 2. The van der Waals surface area contributed by atoms with E-state index in [0.717, 1.165) is 12.8 Å². The van der Waals surface area contributed by atoms with E-state index in [0.29, 0.717) is 25.9 Å². The van der Waals surface area contributed by atoms with E-state index in [4.69, 9.17) is 4.74 Å². The number of amides is 1. The maximum atomic E-state index is 12.5. The zero-order valence-corrected chi connectivity index (χ0v) is 12.4. The van der Waals surface area contributed by atoms with Crippen molar-refractivity contribution in [3.63, 3.8) is 0 Å². The normalized spacial score (nSPS) is 22.1. The standard InChI is InChI=1S/C14H24N2O4/c1-13(2,3)20-12(19)16(10-4-5-10)14(11(17)18)6-8-15-9-7-14/h10,15H,4-9H2,1-3H3,(H,17,18). The molecule has 6 nitrogen and oxygen atoms in total. The van der Waals surface area contributed by atoms with Crippen molar-refractivity contribution < 1.29 is 19.4 Å². The highest BCUT2D eigenvalue weighted by Crippen LogP contribution is 2.38. The number of carboxylic acids is 1. The molecule has 2 fully saturated rings. The fourth-order valence-corrected chi connectivity index (χ4v) is 2.72. The molecule has 2 rings (SSSR count). The molecule has 1 amide bonds. The van der Waals surface area contributed by atoms with Gasteiger partial charge in [-0.15, -0.1) is 0 Å². The van der Waals surface area contributed by atoms with E-state index in [9.17, 15) is 14.7 Å². The van der Waals surface area contributed by atoms with Crippen molar-refractivity contribution in [2.75, 3.05) is 13.1 Å². The molecule has 1 aliphatic carbocycles. The van der Waals surface area contributed by atoms with Gasteiger partial charge in [0.1, 0.15) is 11.1 Å². The Balaban J connectivity index is 2.25. The van der Waals surface area contributed by atoms with Gasteiger partial charge in [-0.1, -0.05) is 0 Å². The van der Waals surface area contributed by atoms with Crippen molar-refractivity contribution in [2.45, 2.75) is 63.6 Å². The molecule has 1 heterocycles. The van der Waals surface area contributed by atoms with E-state index in [1.807, 2.05) is 0 Å². The quantitative estimate of drug-likeness (QED) is 0.823. The predicted molar refractivity (Wildman–Crippen MR) is 73.6 cm³/mol. The lowest BCUT2D eigenvalue weighted by Crippen LogP contribution is -2.62. The van der Waals surface area contributed by atoms with Gasteiger partial charge in [0, 0.05) is 6.04 Å². The van der Waals surface area contributed by atoms with Crippen molar-refractivity contribution >= 4 is 12.1 Å². The average molecular weight is 284 g/mol. The van der Waals surface area contributed by atoms with Crippen LogP contribution in [0.25, 0.3) is 0 Å². The van der Waals surface area contributed by atoms with Crippen LogP contribution in [-0.4, -0.2) is 52.3 Å². The predicted octanol–water partition coefficient (Wildman–Crippen LogP) is 1.59. The SMILES string of the molecule is CC(C)(C)OC(=O)N(C1CC1)C1(C(=O)O)CCNCC1. The van der Waals surface area contributed by atoms with Gasteiger partial charge in [0.2, 0.25) is 0 Å². The second-order valence-corrected chi connectivity index (χ2v) is 6.67. The fourth-order valence-electron chi connectivity index (χ4n) is 2.72. The van der Waals surface area contributed by atoms with Crippen LogP contribution in [0.2, 0.25) is 0 Å². The summed E-state index contributed by atoms with van der Waals surface area (Å²) in [6, 6.07) is 0.0130. The third-order valence-electron chi connectivity index (χ3n) is 3.79. The molecule has 1 saturated carbocycles. The highest BCUT2D eigenvalue weighted by atomic mass is 16.6. The first-order valence-electron chi connectivity index (χ1n) is 7.23. The molecule has 20 heavy (non-hydrogen) atoms. The minimum Gasteiger partial charge on any atom is -0.479 e. The number of nitrogens with zero attached hydrogens (tertiary/aromatic N) is 1. The molecule has 0 atom stereocenters. The molecule has 0 bridgehead atoms. The van der Waals surface area contributed by atoms with Crippen molar-refractivity contribution in [2.24, 2.45) is 0 Å². The van der Waals surface area contributed by atoms with Gasteiger partial charge in [0.25, 0.3) is 0 Å². The molecular formula is C14H24N2O4. The van der Waals surface area contributed by atoms with Gasteiger partial charge in [0.15, 0.2) is 0 Å². The summed E-state index contributed by atoms with van der Waals surface area (Å²) in [5.41, 5.74) is -1.73. The molecule has 0 radical (unpaired) electrons. The monoisotopic (exact) mass is 284 g/mol. The molecule has 0 spiro atoms. The van der Waals surface area contributed by atoms with Gasteiger partial charge in [-0.3, -0.25) is 4.90 Å². The third kappa shape index (κ3) is 3.06. The molecule has 1 aliphatic heterocycles. The van der Waals surface area contributed by atoms with Crippen LogP contribution < -0.4 is 5.32 Å². The number of hydrogen-bond acceptors (Lipinski definition) is 4. The number of ether oxygens (including phenoxy) is 1. The Morgan fingerprint density at radius 2 is 1.80 bits per heavy atom. The van der Waals surface area contributed by atoms with Crippen LogP contribution in [0.1, 0.15) is 46.5 Å². The number of carboxylic acid groups (broad SMARTS) is 1. The third-order valence-corrected chi connectivity index (χ3v) is 3.79. The van der Waals surface area contributed by atoms with Crippen molar-refractivity contribution in [3.05, 3.63) is 0 Å². The van der Waals surface area contributed by atoms with Crippen LogP contribution in [0.3, 0.4) is 0 Å².